The molecular formula is C28H22Cl2N4O8S. The Balaban J connectivity index is 1.49. The largest absolute Gasteiger partial charge is 0.493 e. The van der Waals surface area contributed by atoms with Gasteiger partial charge in [0, 0.05) is 21.7 Å². The number of sulfonamides is 1. The van der Waals surface area contributed by atoms with Gasteiger partial charge in [0.1, 0.15) is 12.3 Å². The number of carboxylic acid groups (broad SMARTS) is 1. The first kappa shape index (κ1) is 31.1. The van der Waals surface area contributed by atoms with Gasteiger partial charge in [-0.25, -0.2) is 13.2 Å². The molecule has 4 rings (SSSR count). The van der Waals surface area contributed by atoms with Crippen molar-refractivity contribution in [1.29, 1.82) is 0 Å². The van der Waals surface area contributed by atoms with E-state index in [4.69, 9.17) is 32.7 Å². The summed E-state index contributed by atoms with van der Waals surface area (Å²) in [5, 5.41) is 26.0. The molecule has 3 N–H and O–H groups in total. The Bertz CT molecular complexity index is 1830. The summed E-state index contributed by atoms with van der Waals surface area (Å²) in [5.41, 5.74) is 2.70. The van der Waals surface area contributed by atoms with Crippen LogP contribution in [0.4, 0.5) is 17.1 Å². The number of anilines is 2. The summed E-state index contributed by atoms with van der Waals surface area (Å²) in [5.74, 6) is -0.512. The van der Waals surface area contributed by atoms with Crippen LogP contribution in [0.25, 0.3) is 0 Å². The van der Waals surface area contributed by atoms with E-state index >= 15 is 0 Å². The molecule has 15 heteroatoms. The Kier molecular flexibility index (Phi) is 9.70. The molecule has 0 saturated carbocycles. The minimum Gasteiger partial charge on any atom is -0.493 e. The molecule has 0 aliphatic carbocycles. The quantitative estimate of drug-likeness (QED) is 0.0892. The number of benzene rings is 4. The van der Waals surface area contributed by atoms with Crippen LogP contribution in [0.1, 0.15) is 21.5 Å². The molecule has 4 aromatic carbocycles. The van der Waals surface area contributed by atoms with E-state index in [1.165, 1.54) is 43.7 Å². The zero-order valence-corrected chi connectivity index (χ0v) is 24.5. The summed E-state index contributed by atoms with van der Waals surface area (Å²) in [4.78, 5) is 21.9. The molecule has 4 aromatic rings. The van der Waals surface area contributed by atoms with Gasteiger partial charge in [0.15, 0.2) is 11.5 Å². The van der Waals surface area contributed by atoms with Gasteiger partial charge in [-0.15, -0.1) is 0 Å². The summed E-state index contributed by atoms with van der Waals surface area (Å²) in [6, 6.07) is 18.5. The molecule has 43 heavy (non-hydrogen) atoms. The van der Waals surface area contributed by atoms with Gasteiger partial charge in [-0.05, 0) is 60.2 Å². The Morgan fingerprint density at radius 2 is 1.79 bits per heavy atom. The topological polar surface area (TPSA) is 169 Å². The molecule has 0 saturated heterocycles. The van der Waals surface area contributed by atoms with Gasteiger partial charge >= 0.3 is 5.97 Å². The Morgan fingerprint density at radius 3 is 2.49 bits per heavy atom. The van der Waals surface area contributed by atoms with E-state index in [-0.39, 0.29) is 23.5 Å². The van der Waals surface area contributed by atoms with Crippen molar-refractivity contribution in [3.05, 3.63) is 116 Å². The monoisotopic (exact) mass is 644 g/mol. The lowest BCUT2D eigenvalue weighted by atomic mass is 10.2. The van der Waals surface area contributed by atoms with Crippen LogP contribution in [-0.2, 0) is 16.6 Å². The molecule has 0 aromatic heterocycles. The van der Waals surface area contributed by atoms with Gasteiger partial charge in [-0.3, -0.25) is 20.3 Å². The third kappa shape index (κ3) is 7.71. The minimum absolute atomic E-state index is 0.0853. The number of para-hydroxylation sites is 1. The molecule has 12 nitrogen and oxygen atoms in total. The number of ether oxygens (including phenoxy) is 2. The molecule has 0 amide bonds. The van der Waals surface area contributed by atoms with Crippen LogP contribution >= 0.6 is 23.2 Å². The van der Waals surface area contributed by atoms with Gasteiger partial charge in [-0.2, -0.15) is 5.10 Å². The number of nitro groups is 1. The van der Waals surface area contributed by atoms with Crippen molar-refractivity contribution in [2.45, 2.75) is 11.5 Å². The van der Waals surface area contributed by atoms with Crippen LogP contribution in [0.2, 0.25) is 10.0 Å². The van der Waals surface area contributed by atoms with E-state index in [1.54, 1.807) is 36.4 Å². The second-order valence-corrected chi connectivity index (χ2v) is 11.2. The number of rotatable bonds is 12. The Hall–Kier alpha value is -4.85. The maximum absolute atomic E-state index is 12.9. The third-order valence-electron chi connectivity index (χ3n) is 5.86. The number of carbonyl (C=O) groups is 1. The first-order valence-electron chi connectivity index (χ1n) is 12.2. The first-order valence-corrected chi connectivity index (χ1v) is 14.4. The lowest BCUT2D eigenvalue weighted by Gasteiger charge is -2.12. The van der Waals surface area contributed by atoms with E-state index < -0.39 is 31.5 Å². The standard InChI is InChI=1S/C28H22Cl2N4O8S/c1-41-27-12-17(6-11-26(27)42-16-18-7-8-19(29)13-22(18)30)15-31-32-24-10-9-20(14-25(24)34(37)38)43(39,40)33-23-5-3-2-4-21(23)28(35)36/h2-15,32-33H,16H2,1H3,(H,35,36). The number of aromatic carboxylic acids is 1. The number of nitrogens with zero attached hydrogens (tertiary/aromatic N) is 2. The van der Waals surface area contributed by atoms with E-state index in [0.717, 1.165) is 17.7 Å². The van der Waals surface area contributed by atoms with Crippen LogP contribution in [0.5, 0.6) is 11.5 Å². The van der Waals surface area contributed by atoms with E-state index in [1.807, 2.05) is 0 Å². The average molecular weight is 645 g/mol. The van der Waals surface area contributed by atoms with E-state index in [9.17, 15) is 28.4 Å². The molecule has 0 aliphatic heterocycles. The first-order chi connectivity index (χ1) is 20.5. The fourth-order valence-electron chi connectivity index (χ4n) is 3.74. The summed E-state index contributed by atoms with van der Waals surface area (Å²) >= 11 is 12.1. The zero-order valence-electron chi connectivity index (χ0n) is 22.2. The van der Waals surface area contributed by atoms with Crippen molar-refractivity contribution >= 4 is 62.5 Å². The van der Waals surface area contributed by atoms with Gasteiger partial charge in [0.2, 0.25) is 0 Å². The smallest absolute Gasteiger partial charge is 0.337 e. The summed E-state index contributed by atoms with van der Waals surface area (Å²) in [7, 11) is -2.90. The molecule has 0 fully saturated rings. The number of hydrogen-bond donors (Lipinski definition) is 3. The molecule has 0 heterocycles. The van der Waals surface area contributed by atoms with Crippen molar-refractivity contribution in [3.63, 3.8) is 0 Å². The number of nitrogens with one attached hydrogen (secondary N) is 2. The molecule has 0 atom stereocenters. The van der Waals surface area contributed by atoms with Gasteiger partial charge in [-0.1, -0.05) is 41.4 Å². The highest BCUT2D eigenvalue weighted by atomic mass is 35.5. The highest BCUT2D eigenvalue weighted by Gasteiger charge is 2.23. The van der Waals surface area contributed by atoms with Crippen molar-refractivity contribution in [2.24, 2.45) is 5.10 Å². The molecule has 0 aliphatic rings. The second-order valence-electron chi connectivity index (χ2n) is 8.70. The predicted molar refractivity (Wildman–Crippen MR) is 162 cm³/mol. The molecule has 0 radical (unpaired) electrons. The summed E-state index contributed by atoms with van der Waals surface area (Å²) < 4.78 is 39.2. The molecule has 0 unspecified atom stereocenters. The highest BCUT2D eigenvalue weighted by Crippen LogP contribution is 2.31. The Labute approximate surface area is 255 Å². The maximum Gasteiger partial charge on any atom is 0.337 e. The highest BCUT2D eigenvalue weighted by molar-refractivity contribution is 7.92. The second kappa shape index (κ2) is 13.4. The fourth-order valence-corrected chi connectivity index (χ4v) is 5.30. The molecular weight excluding hydrogens is 623 g/mol. The number of carboxylic acids is 1. The normalized spacial score (nSPS) is 11.2. The molecule has 222 valence electrons. The van der Waals surface area contributed by atoms with Crippen molar-refractivity contribution in [3.8, 4) is 11.5 Å². The average Bonchev–Trinajstić information content (AvgIpc) is 2.97. The fraction of sp³-hybridized carbons (Fsp3) is 0.0714. The van der Waals surface area contributed by atoms with Crippen molar-refractivity contribution in [2.75, 3.05) is 17.3 Å². The van der Waals surface area contributed by atoms with Gasteiger partial charge < -0.3 is 14.6 Å². The molecule has 0 bridgehead atoms. The molecule has 0 spiro atoms. The van der Waals surface area contributed by atoms with Gasteiger partial charge in [0.05, 0.1) is 34.4 Å². The SMILES string of the molecule is COc1cc(C=NNc2ccc(S(=O)(=O)Nc3ccccc3C(=O)O)cc2[N+](=O)[O-])ccc1OCc1ccc(Cl)cc1Cl. The van der Waals surface area contributed by atoms with E-state index in [0.29, 0.717) is 27.1 Å². The lowest BCUT2D eigenvalue weighted by Crippen LogP contribution is -2.16. The number of hydrogen-bond acceptors (Lipinski definition) is 9. The number of hydrazone groups is 1. The van der Waals surface area contributed by atoms with Crippen LogP contribution in [0.15, 0.2) is 88.9 Å². The number of methoxy groups -OCH3 is 1. The summed E-state index contributed by atoms with van der Waals surface area (Å²) in [6.07, 6.45) is 1.38. The Morgan fingerprint density at radius 1 is 1.02 bits per heavy atom. The van der Waals surface area contributed by atoms with Crippen LogP contribution < -0.4 is 19.6 Å². The number of nitro benzene ring substituents is 1. The maximum atomic E-state index is 12.9. The van der Waals surface area contributed by atoms with E-state index in [2.05, 4.69) is 15.2 Å². The van der Waals surface area contributed by atoms with Crippen LogP contribution in [-0.4, -0.2) is 37.7 Å². The van der Waals surface area contributed by atoms with Crippen LogP contribution in [0, 0.1) is 10.1 Å². The van der Waals surface area contributed by atoms with Crippen molar-refractivity contribution in [1.82, 2.24) is 0 Å². The lowest BCUT2D eigenvalue weighted by molar-refractivity contribution is -0.384. The zero-order chi connectivity index (χ0) is 31.1. The minimum atomic E-state index is -4.37. The van der Waals surface area contributed by atoms with Crippen molar-refractivity contribution < 1.29 is 32.7 Å². The number of halogens is 2. The summed E-state index contributed by atoms with van der Waals surface area (Å²) in [6.45, 7) is 0.165. The van der Waals surface area contributed by atoms with Crippen LogP contribution in [0.3, 0.4) is 0 Å². The predicted octanol–water partition coefficient (Wildman–Crippen LogP) is 6.43. The third-order valence-corrected chi connectivity index (χ3v) is 7.81. The van der Waals surface area contributed by atoms with Gasteiger partial charge in [0.25, 0.3) is 15.7 Å².